The van der Waals surface area contributed by atoms with Gasteiger partial charge in [-0.1, -0.05) is 23.9 Å². The van der Waals surface area contributed by atoms with Gasteiger partial charge < -0.3 is 5.32 Å². The molecule has 1 heterocycles. The molecule has 0 saturated carbocycles. The number of aromatic nitrogens is 2. The number of aryl methyl sites for hydroxylation is 2. The lowest BCUT2D eigenvalue weighted by molar-refractivity contribution is -0.113. The number of hydrogen-bond donors (Lipinski definition) is 2. The smallest absolute Gasteiger partial charge is 0.238 e. The fourth-order valence-corrected chi connectivity index (χ4v) is 3.88. The van der Waals surface area contributed by atoms with Crippen LogP contribution in [0.3, 0.4) is 0 Å². The lowest BCUT2D eigenvalue weighted by Crippen LogP contribution is -2.16. The van der Waals surface area contributed by atoms with Crippen molar-refractivity contribution in [1.29, 1.82) is 0 Å². The van der Waals surface area contributed by atoms with Crippen molar-refractivity contribution in [2.24, 2.45) is 5.14 Å². The number of rotatable bonds is 6. The molecule has 0 aliphatic rings. The number of anilines is 1. The van der Waals surface area contributed by atoms with Crippen LogP contribution in [-0.2, 0) is 14.8 Å². The maximum atomic E-state index is 12.3. The minimum absolute atomic E-state index is 0.0526. The van der Waals surface area contributed by atoms with Gasteiger partial charge in [0.05, 0.1) is 10.6 Å². The van der Waals surface area contributed by atoms with Gasteiger partial charge in [0.2, 0.25) is 15.9 Å². The van der Waals surface area contributed by atoms with E-state index in [0.717, 1.165) is 5.69 Å². The van der Waals surface area contributed by atoms with Gasteiger partial charge in [0.25, 0.3) is 0 Å². The van der Waals surface area contributed by atoms with E-state index in [1.807, 2.05) is 29.8 Å². The summed E-state index contributed by atoms with van der Waals surface area (Å²) in [7, 11) is -3.82. The first kappa shape index (κ1) is 20.1. The SMILES string of the molecule is Cc1ccc(-n2ccnc2SCC(=O)Nc2cccc(S(N)(=O)=O)c2)cc1C. The van der Waals surface area contributed by atoms with E-state index in [4.69, 9.17) is 5.14 Å². The molecule has 0 spiro atoms. The van der Waals surface area contributed by atoms with Crippen molar-refractivity contribution in [2.45, 2.75) is 23.9 Å². The number of nitrogens with zero attached hydrogens (tertiary/aromatic N) is 2. The van der Waals surface area contributed by atoms with Crippen LogP contribution in [0.4, 0.5) is 5.69 Å². The number of sulfonamides is 1. The maximum absolute atomic E-state index is 12.3. The highest BCUT2D eigenvalue weighted by atomic mass is 32.2. The number of thioether (sulfide) groups is 1. The second kappa shape index (κ2) is 8.17. The van der Waals surface area contributed by atoms with Crippen molar-refractivity contribution < 1.29 is 13.2 Å². The average molecular weight is 417 g/mol. The normalized spacial score (nSPS) is 11.4. The van der Waals surface area contributed by atoms with E-state index < -0.39 is 10.0 Å². The zero-order chi connectivity index (χ0) is 20.3. The molecule has 7 nitrogen and oxygen atoms in total. The fraction of sp³-hybridized carbons (Fsp3) is 0.158. The van der Waals surface area contributed by atoms with Crippen molar-refractivity contribution in [1.82, 2.24) is 9.55 Å². The Hall–Kier alpha value is -2.62. The third kappa shape index (κ3) is 4.80. The van der Waals surface area contributed by atoms with Gasteiger partial charge in [-0.25, -0.2) is 18.5 Å². The number of amides is 1. The molecule has 0 radical (unpaired) electrons. The molecule has 0 unspecified atom stereocenters. The number of carbonyl (C=O) groups excluding carboxylic acids is 1. The molecule has 3 N–H and O–H groups in total. The predicted octanol–water partition coefficient (Wildman–Crippen LogP) is 2.87. The number of imidazole rings is 1. The Morgan fingerprint density at radius 3 is 2.68 bits per heavy atom. The van der Waals surface area contributed by atoms with Crippen LogP contribution >= 0.6 is 11.8 Å². The number of nitrogens with one attached hydrogen (secondary N) is 1. The van der Waals surface area contributed by atoms with Crippen LogP contribution in [0.15, 0.2) is 64.9 Å². The Morgan fingerprint density at radius 2 is 1.96 bits per heavy atom. The van der Waals surface area contributed by atoms with Crippen LogP contribution < -0.4 is 10.5 Å². The molecule has 3 aromatic rings. The molecule has 28 heavy (non-hydrogen) atoms. The summed E-state index contributed by atoms with van der Waals surface area (Å²) in [6, 6.07) is 12.0. The van der Waals surface area contributed by atoms with Crippen LogP contribution in [0, 0.1) is 13.8 Å². The number of nitrogens with two attached hydrogens (primary N) is 1. The van der Waals surface area contributed by atoms with Gasteiger partial charge >= 0.3 is 0 Å². The van der Waals surface area contributed by atoms with E-state index in [9.17, 15) is 13.2 Å². The molecule has 2 aromatic carbocycles. The van der Waals surface area contributed by atoms with Gasteiger partial charge in [0.15, 0.2) is 5.16 Å². The molecular formula is C19H20N4O3S2. The Bertz CT molecular complexity index is 1120. The van der Waals surface area contributed by atoms with Crippen LogP contribution in [0.5, 0.6) is 0 Å². The second-order valence-corrected chi connectivity index (χ2v) is 8.76. The highest BCUT2D eigenvalue weighted by Gasteiger charge is 2.12. The molecule has 0 fully saturated rings. The van der Waals surface area contributed by atoms with Gasteiger partial charge in [-0.15, -0.1) is 0 Å². The summed E-state index contributed by atoms with van der Waals surface area (Å²) in [6.07, 6.45) is 3.53. The Balaban J connectivity index is 1.68. The third-order valence-electron chi connectivity index (χ3n) is 4.15. The summed E-state index contributed by atoms with van der Waals surface area (Å²) in [4.78, 5) is 16.5. The standard InChI is InChI=1S/C19H20N4O3S2/c1-13-6-7-16(10-14(13)2)23-9-8-21-19(23)27-12-18(24)22-15-4-3-5-17(11-15)28(20,25)26/h3-11H,12H2,1-2H3,(H,22,24)(H2,20,25,26). The molecule has 1 aromatic heterocycles. The van der Waals surface area contributed by atoms with Crippen molar-refractivity contribution in [2.75, 3.05) is 11.1 Å². The van der Waals surface area contributed by atoms with Crippen molar-refractivity contribution in [3.63, 3.8) is 0 Å². The van der Waals surface area contributed by atoms with Gasteiger partial charge in [0, 0.05) is 23.8 Å². The van der Waals surface area contributed by atoms with Crippen molar-refractivity contribution in [3.8, 4) is 5.69 Å². The first-order chi connectivity index (χ1) is 13.2. The molecule has 0 aliphatic carbocycles. The molecule has 1 amide bonds. The molecule has 0 saturated heterocycles. The lowest BCUT2D eigenvalue weighted by Gasteiger charge is -2.10. The third-order valence-corrected chi connectivity index (χ3v) is 6.03. The molecule has 146 valence electrons. The highest BCUT2D eigenvalue weighted by Crippen LogP contribution is 2.22. The van der Waals surface area contributed by atoms with Crippen LogP contribution in [-0.4, -0.2) is 29.6 Å². The molecule has 0 bridgehead atoms. The van der Waals surface area contributed by atoms with E-state index in [2.05, 4.69) is 23.3 Å². The Morgan fingerprint density at radius 1 is 1.18 bits per heavy atom. The van der Waals surface area contributed by atoms with Crippen molar-refractivity contribution >= 4 is 33.4 Å². The van der Waals surface area contributed by atoms with E-state index >= 15 is 0 Å². The lowest BCUT2D eigenvalue weighted by atomic mass is 10.1. The van der Waals surface area contributed by atoms with Crippen molar-refractivity contribution in [3.05, 3.63) is 66.0 Å². The fourth-order valence-electron chi connectivity index (χ4n) is 2.55. The summed E-state index contributed by atoms with van der Waals surface area (Å²) in [5.74, 6) is -0.146. The number of benzene rings is 2. The summed E-state index contributed by atoms with van der Waals surface area (Å²) in [5.41, 5.74) is 3.73. The maximum Gasteiger partial charge on any atom is 0.238 e. The summed E-state index contributed by atoms with van der Waals surface area (Å²) in [6.45, 7) is 4.10. The second-order valence-electron chi connectivity index (χ2n) is 6.26. The number of carbonyl (C=O) groups is 1. The van der Waals surface area contributed by atoms with Gasteiger partial charge in [-0.2, -0.15) is 0 Å². The van der Waals surface area contributed by atoms with E-state index in [-0.39, 0.29) is 16.6 Å². The molecular weight excluding hydrogens is 396 g/mol. The molecule has 3 rings (SSSR count). The first-order valence-corrected chi connectivity index (χ1v) is 10.9. The Kier molecular flexibility index (Phi) is 5.87. The van der Waals surface area contributed by atoms with Crippen LogP contribution in [0.2, 0.25) is 0 Å². The van der Waals surface area contributed by atoms with E-state index in [1.54, 1.807) is 12.3 Å². The average Bonchev–Trinajstić information content (AvgIpc) is 3.10. The zero-order valence-corrected chi connectivity index (χ0v) is 17.0. The largest absolute Gasteiger partial charge is 0.325 e. The summed E-state index contributed by atoms with van der Waals surface area (Å²) in [5, 5.41) is 8.48. The predicted molar refractivity (Wildman–Crippen MR) is 110 cm³/mol. The first-order valence-electron chi connectivity index (χ1n) is 8.40. The number of primary sulfonamides is 1. The molecule has 0 atom stereocenters. The topological polar surface area (TPSA) is 107 Å². The highest BCUT2D eigenvalue weighted by molar-refractivity contribution is 7.99. The van der Waals surface area contributed by atoms with Gasteiger partial charge in [0.1, 0.15) is 0 Å². The van der Waals surface area contributed by atoms with E-state index in [0.29, 0.717) is 10.8 Å². The summed E-state index contributed by atoms with van der Waals surface area (Å²) < 4.78 is 24.8. The van der Waals surface area contributed by atoms with Gasteiger partial charge in [-0.3, -0.25) is 9.36 Å². The Labute approximate surface area is 168 Å². The van der Waals surface area contributed by atoms with Crippen LogP contribution in [0.25, 0.3) is 5.69 Å². The monoisotopic (exact) mass is 416 g/mol. The quantitative estimate of drug-likeness (QED) is 0.601. The van der Waals surface area contributed by atoms with E-state index in [1.165, 1.54) is 41.1 Å². The van der Waals surface area contributed by atoms with Gasteiger partial charge in [-0.05, 0) is 55.3 Å². The molecule has 0 aliphatic heterocycles. The van der Waals surface area contributed by atoms with Crippen LogP contribution in [0.1, 0.15) is 11.1 Å². The zero-order valence-electron chi connectivity index (χ0n) is 15.4. The number of hydrogen-bond acceptors (Lipinski definition) is 5. The molecule has 9 heteroatoms. The minimum atomic E-state index is -3.82. The minimum Gasteiger partial charge on any atom is -0.325 e. The summed E-state index contributed by atoms with van der Waals surface area (Å²) >= 11 is 1.29.